The van der Waals surface area contributed by atoms with Gasteiger partial charge in [0.1, 0.15) is 22.9 Å². The molecule has 0 fully saturated rings. The average molecular weight is 446 g/mol. The molecular weight excluding hydrogens is 417 g/mol. The van der Waals surface area contributed by atoms with Crippen LogP contribution < -0.4 is 4.74 Å². The lowest BCUT2D eigenvalue weighted by Crippen LogP contribution is -2.25. The van der Waals surface area contributed by atoms with Gasteiger partial charge in [-0.3, -0.25) is 4.79 Å². The van der Waals surface area contributed by atoms with E-state index in [1.807, 2.05) is 48.5 Å². The van der Waals surface area contributed by atoms with Crippen molar-refractivity contribution in [2.24, 2.45) is 0 Å². The first-order valence-electron chi connectivity index (χ1n) is 11.4. The van der Waals surface area contributed by atoms with E-state index in [2.05, 4.69) is 18.7 Å². The van der Waals surface area contributed by atoms with E-state index in [4.69, 9.17) is 9.15 Å². The van der Waals surface area contributed by atoms with Gasteiger partial charge >= 0.3 is 0 Å². The van der Waals surface area contributed by atoms with Gasteiger partial charge in [0.2, 0.25) is 0 Å². The summed E-state index contributed by atoms with van der Waals surface area (Å²) in [6.45, 7) is 8.04. The number of para-hydroxylation sites is 1. The molecular formula is C28H28FNO3. The molecule has 0 N–H and O–H groups in total. The van der Waals surface area contributed by atoms with E-state index in [0.717, 1.165) is 37.4 Å². The number of ketones is 1. The third kappa shape index (κ3) is 4.99. The van der Waals surface area contributed by atoms with E-state index in [1.54, 1.807) is 12.1 Å². The number of ether oxygens (including phenoxy) is 1. The number of furan rings is 1. The normalized spacial score (nSPS) is 11.3. The molecule has 0 radical (unpaired) electrons. The molecule has 0 atom stereocenters. The molecule has 3 aromatic carbocycles. The predicted octanol–water partition coefficient (Wildman–Crippen LogP) is 6.58. The molecule has 0 aliphatic heterocycles. The van der Waals surface area contributed by atoms with E-state index in [-0.39, 0.29) is 5.56 Å². The maximum atomic E-state index is 14.4. The van der Waals surface area contributed by atoms with Crippen molar-refractivity contribution in [1.29, 1.82) is 0 Å². The topological polar surface area (TPSA) is 42.7 Å². The van der Waals surface area contributed by atoms with Gasteiger partial charge in [-0.2, -0.15) is 0 Å². The Bertz CT molecular complexity index is 1230. The maximum absolute atomic E-state index is 14.4. The minimum Gasteiger partial charge on any atom is -0.494 e. The van der Waals surface area contributed by atoms with E-state index < -0.39 is 11.6 Å². The summed E-state index contributed by atoms with van der Waals surface area (Å²) in [6.07, 6.45) is 0.953. The fourth-order valence-electron chi connectivity index (χ4n) is 3.97. The first-order valence-corrected chi connectivity index (χ1v) is 11.4. The minimum atomic E-state index is -0.549. The van der Waals surface area contributed by atoms with Crippen molar-refractivity contribution >= 4 is 16.8 Å². The van der Waals surface area contributed by atoms with Gasteiger partial charge in [-0.05, 0) is 62.0 Å². The van der Waals surface area contributed by atoms with Crippen molar-refractivity contribution in [1.82, 2.24) is 4.90 Å². The van der Waals surface area contributed by atoms with Gasteiger partial charge in [0, 0.05) is 17.5 Å². The number of hydrogen-bond acceptors (Lipinski definition) is 4. The number of carbonyl (C=O) groups excluding carboxylic acids is 1. The van der Waals surface area contributed by atoms with E-state index >= 15 is 0 Å². The second-order valence-electron chi connectivity index (χ2n) is 7.86. The Morgan fingerprint density at radius 2 is 1.64 bits per heavy atom. The highest BCUT2D eigenvalue weighted by atomic mass is 19.1. The fraction of sp³-hybridized carbons (Fsp3) is 0.250. The number of fused-ring (bicyclic) bond motifs is 1. The van der Waals surface area contributed by atoms with Crippen molar-refractivity contribution in [3.05, 3.63) is 89.7 Å². The zero-order chi connectivity index (χ0) is 23.2. The molecule has 0 saturated carbocycles. The van der Waals surface area contributed by atoms with Gasteiger partial charge in [0.05, 0.1) is 17.7 Å². The fourth-order valence-corrected chi connectivity index (χ4v) is 3.97. The second kappa shape index (κ2) is 10.5. The van der Waals surface area contributed by atoms with Gasteiger partial charge in [-0.15, -0.1) is 0 Å². The summed E-state index contributed by atoms with van der Waals surface area (Å²) >= 11 is 0. The van der Waals surface area contributed by atoms with Crippen molar-refractivity contribution in [3.8, 4) is 17.1 Å². The van der Waals surface area contributed by atoms with Crippen LogP contribution in [0.1, 0.15) is 36.2 Å². The molecule has 4 aromatic rings. The van der Waals surface area contributed by atoms with Crippen molar-refractivity contribution < 1.29 is 18.3 Å². The van der Waals surface area contributed by atoms with Crippen LogP contribution in [0.25, 0.3) is 22.3 Å². The summed E-state index contributed by atoms with van der Waals surface area (Å²) in [5.74, 6) is 0.242. The van der Waals surface area contributed by atoms with Gasteiger partial charge in [0.25, 0.3) is 0 Å². The first kappa shape index (κ1) is 22.7. The van der Waals surface area contributed by atoms with Crippen LogP contribution in [0.3, 0.4) is 0 Å². The molecule has 0 amide bonds. The van der Waals surface area contributed by atoms with Crippen molar-refractivity contribution in [3.63, 3.8) is 0 Å². The van der Waals surface area contributed by atoms with Crippen LogP contribution in [-0.4, -0.2) is 36.9 Å². The van der Waals surface area contributed by atoms with E-state index in [1.165, 1.54) is 12.1 Å². The number of rotatable bonds is 10. The lowest BCUT2D eigenvalue weighted by Gasteiger charge is -2.17. The van der Waals surface area contributed by atoms with Crippen molar-refractivity contribution in [2.45, 2.75) is 20.3 Å². The average Bonchev–Trinajstić information content (AvgIpc) is 3.24. The van der Waals surface area contributed by atoms with Crippen LogP contribution in [0.5, 0.6) is 5.75 Å². The minimum absolute atomic E-state index is 0.0264. The molecule has 5 heteroatoms. The second-order valence-corrected chi connectivity index (χ2v) is 7.86. The molecule has 4 rings (SSSR count). The summed E-state index contributed by atoms with van der Waals surface area (Å²) in [4.78, 5) is 15.7. The van der Waals surface area contributed by atoms with Crippen LogP contribution in [0, 0.1) is 5.82 Å². The van der Waals surface area contributed by atoms with Gasteiger partial charge < -0.3 is 14.1 Å². The van der Waals surface area contributed by atoms with Crippen LogP contribution in [0.2, 0.25) is 0 Å². The lowest BCUT2D eigenvalue weighted by atomic mass is 9.97. The molecule has 0 saturated heterocycles. The third-order valence-corrected chi connectivity index (χ3v) is 5.84. The molecule has 33 heavy (non-hydrogen) atoms. The SMILES string of the molecule is CCN(CC)CCCOc1ccc(-c2oc3ccccc3c2C(=O)c2ccccc2F)cc1. The van der Waals surface area contributed by atoms with E-state index in [9.17, 15) is 9.18 Å². The number of nitrogens with zero attached hydrogens (tertiary/aromatic N) is 1. The third-order valence-electron chi connectivity index (χ3n) is 5.84. The Morgan fingerprint density at radius 1 is 0.939 bits per heavy atom. The number of hydrogen-bond donors (Lipinski definition) is 0. The Kier molecular flexibility index (Phi) is 7.20. The largest absolute Gasteiger partial charge is 0.494 e. The Morgan fingerprint density at radius 3 is 2.36 bits per heavy atom. The molecule has 0 bridgehead atoms. The molecule has 170 valence electrons. The highest BCUT2D eigenvalue weighted by Crippen LogP contribution is 2.36. The van der Waals surface area contributed by atoms with E-state index in [0.29, 0.717) is 28.9 Å². The lowest BCUT2D eigenvalue weighted by molar-refractivity contribution is 0.103. The van der Waals surface area contributed by atoms with Crippen molar-refractivity contribution in [2.75, 3.05) is 26.2 Å². The monoisotopic (exact) mass is 445 g/mol. The molecule has 0 spiro atoms. The summed E-state index contributed by atoms with van der Waals surface area (Å²) in [6, 6.07) is 20.8. The maximum Gasteiger partial charge on any atom is 0.200 e. The van der Waals surface area contributed by atoms with Gasteiger partial charge in [0.15, 0.2) is 5.78 Å². The summed E-state index contributed by atoms with van der Waals surface area (Å²) in [7, 11) is 0. The summed E-state index contributed by atoms with van der Waals surface area (Å²) in [5.41, 5.74) is 1.72. The first-order chi connectivity index (χ1) is 16.1. The molecule has 1 aromatic heterocycles. The Hall–Kier alpha value is -3.44. The zero-order valence-corrected chi connectivity index (χ0v) is 19.0. The van der Waals surface area contributed by atoms with Gasteiger partial charge in [-0.25, -0.2) is 4.39 Å². The summed E-state index contributed by atoms with van der Waals surface area (Å²) < 4.78 is 26.3. The Balaban J connectivity index is 1.59. The molecule has 1 heterocycles. The molecule has 0 aliphatic rings. The number of carbonyl (C=O) groups is 1. The molecule has 0 aliphatic carbocycles. The highest BCUT2D eigenvalue weighted by molar-refractivity contribution is 6.19. The smallest absolute Gasteiger partial charge is 0.200 e. The predicted molar refractivity (Wildman–Crippen MR) is 129 cm³/mol. The number of benzene rings is 3. The molecule has 0 unspecified atom stereocenters. The summed E-state index contributed by atoms with van der Waals surface area (Å²) in [5, 5.41) is 0.664. The molecule has 4 nitrogen and oxygen atoms in total. The number of halogens is 1. The zero-order valence-electron chi connectivity index (χ0n) is 19.0. The van der Waals surface area contributed by atoms with Crippen LogP contribution in [0.15, 0.2) is 77.2 Å². The standard InChI is InChI=1S/C28H28FNO3/c1-3-30(4-2)18-9-19-32-21-16-14-20(15-17-21)28-26(23-11-6-8-13-25(23)33-28)27(31)22-10-5-7-12-24(22)29/h5-8,10-17H,3-4,9,18-19H2,1-2H3. The van der Waals surface area contributed by atoms with Crippen LogP contribution in [0.4, 0.5) is 4.39 Å². The van der Waals surface area contributed by atoms with Gasteiger partial charge in [-0.1, -0.05) is 44.2 Å². The van der Waals surface area contributed by atoms with Crippen LogP contribution in [-0.2, 0) is 0 Å². The van der Waals surface area contributed by atoms with Crippen LogP contribution >= 0.6 is 0 Å². The Labute approximate surface area is 193 Å². The quantitative estimate of drug-likeness (QED) is 0.204. The highest BCUT2D eigenvalue weighted by Gasteiger charge is 2.24.